The summed E-state index contributed by atoms with van der Waals surface area (Å²) in [6.45, 7) is 0.845. The number of nitrogens with one attached hydrogen (secondary N) is 1. The average molecular weight is 453 g/mol. The van der Waals surface area contributed by atoms with Gasteiger partial charge >= 0.3 is 0 Å². The van der Waals surface area contributed by atoms with Crippen molar-refractivity contribution < 1.29 is 28.2 Å². The van der Waals surface area contributed by atoms with Crippen LogP contribution in [0.25, 0.3) is 0 Å². The Balaban J connectivity index is 1.42. The van der Waals surface area contributed by atoms with E-state index in [1.54, 1.807) is 6.07 Å². The summed E-state index contributed by atoms with van der Waals surface area (Å²) in [7, 11) is 1.47. The molecular weight excluding hydrogens is 430 g/mol. The SMILES string of the molecule is COc1cc(N2CCC(O)(COc3ccc(F)c4c3CCC(=O)N4)CC2)c(F)cc1Cl. The Hall–Kier alpha value is -2.58. The highest BCUT2D eigenvalue weighted by Crippen LogP contribution is 2.37. The van der Waals surface area contributed by atoms with Crippen LogP contribution in [-0.2, 0) is 11.2 Å². The number of carbonyl (C=O) groups is 1. The van der Waals surface area contributed by atoms with E-state index in [0.29, 0.717) is 55.1 Å². The van der Waals surface area contributed by atoms with Crippen LogP contribution in [0.4, 0.5) is 20.2 Å². The monoisotopic (exact) mass is 452 g/mol. The first-order valence-electron chi connectivity index (χ1n) is 10.0. The molecule has 1 fully saturated rings. The molecule has 0 unspecified atom stereocenters. The molecule has 0 spiro atoms. The molecule has 4 rings (SSSR count). The third-order valence-electron chi connectivity index (χ3n) is 5.84. The van der Waals surface area contributed by atoms with Crippen molar-refractivity contribution in [1.29, 1.82) is 0 Å². The number of benzene rings is 2. The molecular formula is C22H23ClF2N2O4. The summed E-state index contributed by atoms with van der Waals surface area (Å²) in [6, 6.07) is 5.52. The summed E-state index contributed by atoms with van der Waals surface area (Å²) in [4.78, 5) is 13.4. The molecule has 166 valence electrons. The van der Waals surface area contributed by atoms with Crippen molar-refractivity contribution in [2.45, 2.75) is 31.3 Å². The van der Waals surface area contributed by atoms with Gasteiger partial charge in [0.15, 0.2) is 0 Å². The summed E-state index contributed by atoms with van der Waals surface area (Å²) < 4.78 is 39.5. The fraction of sp³-hybridized carbons (Fsp3) is 0.409. The molecule has 1 amide bonds. The van der Waals surface area contributed by atoms with E-state index in [1.807, 2.05) is 4.90 Å². The van der Waals surface area contributed by atoms with Gasteiger partial charge in [-0.15, -0.1) is 0 Å². The van der Waals surface area contributed by atoms with Gasteiger partial charge in [-0.2, -0.15) is 0 Å². The molecule has 6 nitrogen and oxygen atoms in total. The van der Waals surface area contributed by atoms with Gasteiger partial charge in [-0.25, -0.2) is 8.78 Å². The number of halogens is 3. The van der Waals surface area contributed by atoms with Crippen LogP contribution in [0.3, 0.4) is 0 Å². The Morgan fingerprint density at radius 1 is 1.16 bits per heavy atom. The summed E-state index contributed by atoms with van der Waals surface area (Å²) in [5, 5.41) is 13.7. The van der Waals surface area contributed by atoms with Gasteiger partial charge in [0.05, 0.1) is 23.5 Å². The number of methoxy groups -OCH3 is 1. The highest BCUT2D eigenvalue weighted by Gasteiger charge is 2.35. The van der Waals surface area contributed by atoms with E-state index in [2.05, 4.69) is 5.32 Å². The highest BCUT2D eigenvalue weighted by atomic mass is 35.5. The molecule has 1 saturated heterocycles. The maximum atomic E-state index is 14.4. The smallest absolute Gasteiger partial charge is 0.224 e. The Labute approximate surface area is 183 Å². The van der Waals surface area contributed by atoms with Crippen molar-refractivity contribution in [3.63, 3.8) is 0 Å². The number of ether oxygens (including phenoxy) is 2. The molecule has 2 aromatic carbocycles. The molecule has 0 bridgehead atoms. The van der Waals surface area contributed by atoms with E-state index in [-0.39, 0.29) is 29.6 Å². The zero-order valence-electron chi connectivity index (χ0n) is 17.0. The van der Waals surface area contributed by atoms with E-state index >= 15 is 0 Å². The summed E-state index contributed by atoms with van der Waals surface area (Å²) in [5.74, 6) is -0.368. The maximum Gasteiger partial charge on any atom is 0.224 e. The first-order valence-corrected chi connectivity index (χ1v) is 10.4. The van der Waals surface area contributed by atoms with Crippen LogP contribution in [0.2, 0.25) is 5.02 Å². The lowest BCUT2D eigenvalue weighted by Crippen LogP contribution is -2.48. The van der Waals surface area contributed by atoms with Crippen molar-refractivity contribution >= 4 is 28.9 Å². The summed E-state index contributed by atoms with van der Waals surface area (Å²) >= 11 is 5.97. The van der Waals surface area contributed by atoms with Crippen LogP contribution >= 0.6 is 11.6 Å². The maximum absolute atomic E-state index is 14.4. The second kappa shape index (κ2) is 8.51. The molecule has 0 saturated carbocycles. The third kappa shape index (κ3) is 4.41. The lowest BCUT2D eigenvalue weighted by atomic mass is 9.92. The minimum Gasteiger partial charge on any atom is -0.495 e. The van der Waals surface area contributed by atoms with Gasteiger partial charge in [-0.1, -0.05) is 11.6 Å². The van der Waals surface area contributed by atoms with Crippen LogP contribution in [0, 0.1) is 11.6 Å². The molecule has 0 radical (unpaired) electrons. The normalized spacial score (nSPS) is 17.7. The molecule has 2 heterocycles. The van der Waals surface area contributed by atoms with Crippen LogP contribution in [0.15, 0.2) is 24.3 Å². The fourth-order valence-corrected chi connectivity index (χ4v) is 4.22. The number of hydrogen-bond acceptors (Lipinski definition) is 5. The highest BCUT2D eigenvalue weighted by molar-refractivity contribution is 6.32. The lowest BCUT2D eigenvalue weighted by Gasteiger charge is -2.39. The van der Waals surface area contributed by atoms with Crippen molar-refractivity contribution in [2.24, 2.45) is 0 Å². The zero-order valence-corrected chi connectivity index (χ0v) is 17.8. The molecule has 2 aromatic rings. The fourth-order valence-electron chi connectivity index (χ4n) is 4.00. The zero-order chi connectivity index (χ0) is 22.2. The second-order valence-corrected chi connectivity index (χ2v) is 8.29. The summed E-state index contributed by atoms with van der Waals surface area (Å²) in [5.41, 5.74) is -0.00545. The lowest BCUT2D eigenvalue weighted by molar-refractivity contribution is -0.116. The third-order valence-corrected chi connectivity index (χ3v) is 6.13. The average Bonchev–Trinajstić information content (AvgIpc) is 2.75. The van der Waals surface area contributed by atoms with Crippen LogP contribution in [0.1, 0.15) is 24.8 Å². The van der Waals surface area contributed by atoms with E-state index in [4.69, 9.17) is 21.1 Å². The quantitative estimate of drug-likeness (QED) is 0.719. The molecule has 2 aliphatic heterocycles. The van der Waals surface area contributed by atoms with Gasteiger partial charge in [-0.3, -0.25) is 4.79 Å². The number of aliphatic hydroxyl groups is 1. The van der Waals surface area contributed by atoms with E-state index in [9.17, 15) is 18.7 Å². The molecule has 31 heavy (non-hydrogen) atoms. The summed E-state index contributed by atoms with van der Waals surface area (Å²) in [6.07, 6.45) is 1.34. The molecule has 0 aliphatic carbocycles. The Bertz CT molecular complexity index is 1010. The van der Waals surface area contributed by atoms with E-state index in [0.717, 1.165) is 0 Å². The number of amides is 1. The first-order chi connectivity index (χ1) is 14.8. The predicted molar refractivity (Wildman–Crippen MR) is 113 cm³/mol. The van der Waals surface area contributed by atoms with Gasteiger partial charge < -0.3 is 24.8 Å². The van der Waals surface area contributed by atoms with Crippen LogP contribution in [-0.4, -0.2) is 43.4 Å². The van der Waals surface area contributed by atoms with Crippen molar-refractivity contribution in [3.05, 3.63) is 46.5 Å². The minimum atomic E-state index is -1.11. The Kier molecular flexibility index (Phi) is 5.94. The second-order valence-electron chi connectivity index (χ2n) is 7.89. The number of piperidine rings is 1. The first kappa shape index (κ1) is 21.6. The predicted octanol–water partition coefficient (Wildman–Crippen LogP) is 3.92. The van der Waals surface area contributed by atoms with Crippen LogP contribution in [0.5, 0.6) is 11.5 Å². The van der Waals surface area contributed by atoms with Crippen molar-refractivity contribution in [3.8, 4) is 11.5 Å². The van der Waals surface area contributed by atoms with Gasteiger partial charge in [0.2, 0.25) is 5.91 Å². The molecule has 2 aliphatic rings. The minimum absolute atomic E-state index is 0.0132. The van der Waals surface area contributed by atoms with Gasteiger partial charge in [-0.05, 0) is 37.5 Å². The van der Waals surface area contributed by atoms with Gasteiger partial charge in [0.1, 0.15) is 35.3 Å². The van der Waals surface area contributed by atoms with Gasteiger partial charge in [0, 0.05) is 31.1 Å². The Morgan fingerprint density at radius 2 is 1.90 bits per heavy atom. The number of anilines is 2. The number of nitrogens with zero attached hydrogens (tertiary/aromatic N) is 1. The largest absolute Gasteiger partial charge is 0.495 e. The van der Waals surface area contributed by atoms with E-state index < -0.39 is 17.2 Å². The molecule has 0 aromatic heterocycles. The topological polar surface area (TPSA) is 71.0 Å². The number of fused-ring (bicyclic) bond motifs is 1. The van der Waals surface area contributed by atoms with Gasteiger partial charge in [0.25, 0.3) is 0 Å². The molecule has 0 atom stereocenters. The number of hydrogen-bond donors (Lipinski definition) is 2. The van der Waals surface area contributed by atoms with Crippen LogP contribution < -0.4 is 19.7 Å². The van der Waals surface area contributed by atoms with Crippen molar-refractivity contribution in [1.82, 2.24) is 0 Å². The molecule has 9 heteroatoms. The molecule has 2 N–H and O–H groups in total. The standard InChI is InChI=1S/C22H23ClF2N2O4/c1-30-19-11-17(16(25)10-14(19)23)27-8-6-22(29,7-9-27)12-31-18-4-3-15(24)21-13(18)2-5-20(28)26-21/h3-4,10-11,29H,2,5-9,12H2,1H3,(H,26,28). The number of rotatable bonds is 5. The Morgan fingerprint density at radius 3 is 2.61 bits per heavy atom. The van der Waals surface area contributed by atoms with Crippen molar-refractivity contribution in [2.75, 3.05) is 37.0 Å². The van der Waals surface area contributed by atoms with E-state index in [1.165, 1.54) is 25.3 Å². The number of carbonyl (C=O) groups excluding carboxylic acids is 1.